The molecule has 4 atom stereocenters. The van der Waals surface area contributed by atoms with E-state index in [1.54, 1.807) is 111 Å². The number of amides is 7. The molecule has 6 rings (SSSR count). The number of aromatic amines is 1. The van der Waals surface area contributed by atoms with Crippen LogP contribution in [0.15, 0.2) is 91.1 Å². The van der Waals surface area contributed by atoms with Gasteiger partial charge in [-0.15, -0.1) is 0 Å². The number of hydrogen-bond acceptors (Lipinski definition) is 13. The number of ether oxygens (including phenoxy) is 5. The molecule has 7 N–H and O–H groups in total. The van der Waals surface area contributed by atoms with Gasteiger partial charge in [-0.2, -0.15) is 13.2 Å². The second-order valence-corrected chi connectivity index (χ2v) is 24.6. The molecule has 0 radical (unpaired) electrons. The van der Waals surface area contributed by atoms with Crippen LogP contribution in [0.4, 0.5) is 27.6 Å². The second kappa shape index (κ2) is 30.4. The van der Waals surface area contributed by atoms with Crippen molar-refractivity contribution in [1.82, 2.24) is 46.8 Å². The first-order chi connectivity index (χ1) is 41.8. The Hall–Kier alpha value is -8.83. The van der Waals surface area contributed by atoms with Crippen LogP contribution in [0, 0.1) is 0 Å². The third kappa shape index (κ3) is 21.5. The first kappa shape index (κ1) is 69.3. The van der Waals surface area contributed by atoms with Crippen molar-refractivity contribution in [2.75, 3.05) is 39.9 Å². The molecule has 1 aliphatic heterocycles. The zero-order valence-corrected chi connectivity index (χ0v) is 52.7. The number of halogens is 3. The Balaban J connectivity index is 1.45. The maximum absolute atomic E-state index is 15.4. The maximum atomic E-state index is 15.4. The molecule has 1 aromatic heterocycles. The molecule has 0 spiro atoms. The lowest BCUT2D eigenvalue weighted by atomic mass is 9.93. The molecule has 4 bridgehead atoms. The lowest BCUT2D eigenvalue weighted by Crippen LogP contribution is -2.53. The number of imidazole rings is 1. The number of carbonyl (C=O) groups excluding carboxylic acids is 7. The summed E-state index contributed by atoms with van der Waals surface area (Å²) in [4.78, 5) is 105. The number of nitrogens with zero attached hydrogens (tertiary/aromatic N) is 2. The van der Waals surface area contributed by atoms with Gasteiger partial charge in [0.1, 0.15) is 71.2 Å². The highest BCUT2D eigenvalue weighted by Crippen LogP contribution is 2.41. The minimum Gasteiger partial charge on any atom is -0.491 e. The van der Waals surface area contributed by atoms with Gasteiger partial charge in [0.05, 0.1) is 25.3 Å². The minimum atomic E-state index is -4.82. The van der Waals surface area contributed by atoms with Crippen LogP contribution in [-0.4, -0.2) is 126 Å². The van der Waals surface area contributed by atoms with Crippen LogP contribution >= 0.6 is 0 Å². The molecule has 0 fully saturated rings. The van der Waals surface area contributed by atoms with Crippen molar-refractivity contribution in [3.63, 3.8) is 0 Å². The molecule has 21 nitrogen and oxygen atoms in total. The summed E-state index contributed by atoms with van der Waals surface area (Å²) in [6.45, 7) is 18.6. The van der Waals surface area contributed by atoms with Gasteiger partial charge in [0.2, 0.25) is 17.7 Å². The number of carbonyl (C=O) groups is 7. The van der Waals surface area contributed by atoms with Crippen LogP contribution in [0.3, 0.4) is 0 Å². The number of nitrogens with one attached hydrogen (secondary N) is 7. The van der Waals surface area contributed by atoms with Crippen molar-refractivity contribution in [3.05, 3.63) is 125 Å². The van der Waals surface area contributed by atoms with Crippen LogP contribution in [0.5, 0.6) is 11.5 Å². The maximum Gasteiger partial charge on any atom is 0.432 e. The van der Waals surface area contributed by atoms with Gasteiger partial charge in [0, 0.05) is 30.3 Å². The zero-order chi connectivity index (χ0) is 65.4. The predicted octanol–water partition coefficient (Wildman–Crippen LogP) is 10.4. The summed E-state index contributed by atoms with van der Waals surface area (Å²) in [5.74, 6) is -2.98. The van der Waals surface area contributed by atoms with Crippen molar-refractivity contribution >= 4 is 41.9 Å². The number of hydrogen-bond donors (Lipinski definition) is 7. The number of fused-ring (bicyclic) bond motifs is 5. The lowest BCUT2D eigenvalue weighted by Gasteiger charge is -2.33. The average molecular weight is 1240 g/mol. The Kier molecular flexibility index (Phi) is 23.7. The van der Waals surface area contributed by atoms with Crippen molar-refractivity contribution < 1.29 is 70.4 Å². The third-order valence-corrected chi connectivity index (χ3v) is 13.6. The SMILES string of the molecule is CCCCc1ccc(-c2ccc(C(=O)N[C@@H](CCCNC(=O)OC(C)(C)C)C(=O)N(C)[C@@H]3C(=O)N[C@@H](C)C(=O)N[C@H](c4ncc(C(F)(F)F)[nH]4)Cc4ccc(OCCNC(=O)OC(C)(C)C)c(c4)-c4cc3ccc4OCCNC(=O)OC(C)(C)C)cc2)cc1. The van der Waals surface area contributed by atoms with E-state index in [9.17, 15) is 37.1 Å². The first-order valence-corrected chi connectivity index (χ1v) is 29.7. The standard InChI is InChI=1S/C65H84F3N9O12/c1-13-14-16-40-18-21-42(22-19-40)43-23-25-44(26-24-43)56(79)74-48(17-15-30-69-59(82)87-62(3,4)5)58(81)77(12)53-45-27-29-51(86-34-32-71-61(84)89-64(9,10)11)47(37-45)46-35-41(20-28-50(46)85-33-31-70-60(83)88-63(6,7)8)36-49(75-55(78)39(2)73-57(53)80)54-72-38-52(76-54)65(66,67)68/h18-29,35,37-39,48-49,53H,13-17,30-34,36H2,1-12H3,(H,69,82)(H,70,83)(H,71,84)(H,72,76)(H,73,80)(H,74,79)(H,75,78)/t39-,48-,49-,53-/m0/s1. The molecule has 482 valence electrons. The van der Waals surface area contributed by atoms with E-state index in [2.05, 4.69) is 60.9 Å². The molecule has 0 saturated carbocycles. The van der Waals surface area contributed by atoms with Crippen molar-refractivity contribution in [2.45, 2.75) is 162 Å². The summed E-state index contributed by atoms with van der Waals surface area (Å²) in [5, 5.41) is 16.3. The Morgan fingerprint density at radius 3 is 1.73 bits per heavy atom. The number of unbranched alkanes of at least 4 members (excludes halogenated alkanes) is 1. The van der Waals surface area contributed by atoms with Crippen LogP contribution in [0.1, 0.15) is 152 Å². The van der Waals surface area contributed by atoms with Gasteiger partial charge >= 0.3 is 24.5 Å². The highest BCUT2D eigenvalue weighted by molar-refractivity contribution is 5.99. The number of aryl methyl sites for hydroxylation is 1. The van der Waals surface area contributed by atoms with Crippen molar-refractivity contribution in [1.29, 1.82) is 0 Å². The predicted molar refractivity (Wildman–Crippen MR) is 328 cm³/mol. The molecule has 4 aromatic carbocycles. The number of H-pyrrole nitrogens is 1. The zero-order valence-electron chi connectivity index (χ0n) is 52.7. The molecule has 0 unspecified atom stereocenters. The van der Waals surface area contributed by atoms with Gasteiger partial charge in [-0.1, -0.05) is 61.9 Å². The van der Waals surface area contributed by atoms with E-state index < -0.39 is 94.7 Å². The Bertz CT molecular complexity index is 3260. The van der Waals surface area contributed by atoms with E-state index >= 15 is 9.59 Å². The number of benzene rings is 4. The van der Waals surface area contributed by atoms with Gasteiger partial charge in [0.15, 0.2) is 0 Å². The Labute approximate surface area is 517 Å². The van der Waals surface area contributed by atoms with Crippen molar-refractivity contribution in [3.8, 4) is 33.8 Å². The summed E-state index contributed by atoms with van der Waals surface area (Å²) in [6, 6.07) is 19.0. The summed E-state index contributed by atoms with van der Waals surface area (Å²) in [6.07, 6.45) is -3.30. The molecule has 89 heavy (non-hydrogen) atoms. The van der Waals surface area contributed by atoms with E-state index in [4.69, 9.17) is 23.7 Å². The fraction of sp³-hybridized carbons (Fsp3) is 0.477. The normalized spacial score (nSPS) is 15.8. The first-order valence-electron chi connectivity index (χ1n) is 29.7. The van der Waals surface area contributed by atoms with E-state index in [0.29, 0.717) is 11.8 Å². The van der Waals surface area contributed by atoms with Crippen LogP contribution < -0.4 is 41.4 Å². The number of rotatable bonds is 21. The summed E-state index contributed by atoms with van der Waals surface area (Å²) in [5.41, 5.74) is 0.811. The molecule has 1 aliphatic rings. The number of likely N-dealkylation sites (N-methyl/N-ethyl adjacent to an activating group) is 1. The fourth-order valence-corrected chi connectivity index (χ4v) is 9.41. The largest absolute Gasteiger partial charge is 0.491 e. The van der Waals surface area contributed by atoms with E-state index in [-0.39, 0.29) is 91.7 Å². The third-order valence-electron chi connectivity index (χ3n) is 13.6. The van der Waals surface area contributed by atoms with Gasteiger partial charge in [-0.25, -0.2) is 19.4 Å². The monoisotopic (exact) mass is 1240 g/mol. The van der Waals surface area contributed by atoms with Crippen LogP contribution in [0.2, 0.25) is 0 Å². The average Bonchev–Trinajstić information content (AvgIpc) is 1.02. The van der Waals surface area contributed by atoms with Gasteiger partial charge in [-0.3, -0.25) is 19.2 Å². The van der Waals surface area contributed by atoms with E-state index in [1.165, 1.54) is 31.7 Å². The molecule has 0 aliphatic carbocycles. The molecule has 7 amide bonds. The smallest absolute Gasteiger partial charge is 0.432 e. The minimum absolute atomic E-state index is 0.0237. The van der Waals surface area contributed by atoms with Gasteiger partial charge in [-0.05, 0) is 166 Å². The molecule has 5 aromatic rings. The van der Waals surface area contributed by atoms with Crippen LogP contribution in [0.25, 0.3) is 22.3 Å². The lowest BCUT2D eigenvalue weighted by molar-refractivity contribution is -0.141. The van der Waals surface area contributed by atoms with Crippen molar-refractivity contribution in [2.24, 2.45) is 0 Å². The van der Waals surface area contributed by atoms with Gasteiger partial charge < -0.3 is 65.5 Å². The number of alkyl halides is 3. The fourth-order valence-electron chi connectivity index (χ4n) is 9.41. The summed E-state index contributed by atoms with van der Waals surface area (Å²) < 4.78 is 71.1. The molecule has 2 heterocycles. The molecular weight excluding hydrogens is 1160 g/mol. The summed E-state index contributed by atoms with van der Waals surface area (Å²) >= 11 is 0. The Morgan fingerprint density at radius 1 is 0.674 bits per heavy atom. The summed E-state index contributed by atoms with van der Waals surface area (Å²) in [7, 11) is 1.35. The molecule has 0 saturated heterocycles. The highest BCUT2D eigenvalue weighted by atomic mass is 19.4. The quantitative estimate of drug-likeness (QED) is 0.0266. The topological polar surface area (TPSA) is 270 Å². The number of alkyl carbamates (subject to hydrolysis) is 3. The van der Waals surface area contributed by atoms with Crippen LogP contribution in [-0.2, 0) is 47.6 Å². The van der Waals surface area contributed by atoms with E-state index in [0.717, 1.165) is 35.3 Å². The number of aromatic nitrogens is 2. The second-order valence-electron chi connectivity index (χ2n) is 24.6. The Morgan fingerprint density at radius 2 is 1.20 bits per heavy atom. The molecule has 24 heteroatoms. The van der Waals surface area contributed by atoms with E-state index in [1.807, 2.05) is 12.1 Å². The van der Waals surface area contributed by atoms with Gasteiger partial charge in [0.25, 0.3) is 5.91 Å². The highest BCUT2D eigenvalue weighted by Gasteiger charge is 2.38. The molecular formula is C65H84F3N9O12.